The maximum Gasteiger partial charge on any atom is 0.222 e. The number of likely N-dealkylation sites (tertiary alicyclic amines) is 1. The first-order chi connectivity index (χ1) is 13.2. The second kappa shape index (κ2) is 8.72. The summed E-state index contributed by atoms with van der Waals surface area (Å²) in [5.74, 6) is 1.30. The Morgan fingerprint density at radius 2 is 1.78 bits per heavy atom. The quantitative estimate of drug-likeness (QED) is 0.858. The molecule has 2 aliphatic heterocycles. The van der Waals surface area contributed by atoms with E-state index in [0.29, 0.717) is 18.3 Å². The van der Waals surface area contributed by atoms with Crippen LogP contribution < -0.4 is 0 Å². The lowest BCUT2D eigenvalue weighted by atomic mass is 9.77. The number of ether oxygens (including phenoxy) is 1. The normalized spacial score (nSPS) is 31.7. The molecule has 1 aliphatic carbocycles. The van der Waals surface area contributed by atoms with Crippen molar-refractivity contribution in [3.8, 4) is 0 Å². The summed E-state index contributed by atoms with van der Waals surface area (Å²) >= 11 is 0. The fourth-order valence-electron chi connectivity index (χ4n) is 5.16. The number of hydrogen-bond acceptors (Lipinski definition) is 4. The molecule has 4 atom stereocenters. The summed E-state index contributed by atoms with van der Waals surface area (Å²) < 4.78 is 5.45. The van der Waals surface area contributed by atoms with Crippen LogP contribution in [0.3, 0.4) is 0 Å². The van der Waals surface area contributed by atoms with Crippen LogP contribution in [0.2, 0.25) is 0 Å². The number of fused-ring (bicyclic) bond motifs is 1. The summed E-state index contributed by atoms with van der Waals surface area (Å²) in [6.07, 6.45) is 4.08. The first-order valence-electron chi connectivity index (χ1n) is 10.5. The van der Waals surface area contributed by atoms with Gasteiger partial charge in [0.25, 0.3) is 0 Å². The summed E-state index contributed by atoms with van der Waals surface area (Å²) in [5.41, 5.74) is 1.30. The van der Waals surface area contributed by atoms with Crippen molar-refractivity contribution < 1.29 is 14.6 Å². The van der Waals surface area contributed by atoms with Gasteiger partial charge in [0, 0.05) is 38.6 Å². The van der Waals surface area contributed by atoms with E-state index in [2.05, 4.69) is 34.1 Å². The van der Waals surface area contributed by atoms with E-state index in [4.69, 9.17) is 4.74 Å². The summed E-state index contributed by atoms with van der Waals surface area (Å²) in [4.78, 5) is 17.1. The number of hydrogen-bond donors (Lipinski definition) is 1. The highest BCUT2D eigenvalue weighted by molar-refractivity contribution is 5.76. The lowest BCUT2D eigenvalue weighted by Gasteiger charge is -2.43. The highest BCUT2D eigenvalue weighted by Crippen LogP contribution is 2.38. The minimum absolute atomic E-state index is 0.239. The molecule has 1 saturated carbocycles. The van der Waals surface area contributed by atoms with Gasteiger partial charge >= 0.3 is 0 Å². The van der Waals surface area contributed by atoms with Gasteiger partial charge in [-0.1, -0.05) is 30.3 Å². The van der Waals surface area contributed by atoms with Crippen LogP contribution in [0.1, 0.15) is 31.2 Å². The smallest absolute Gasteiger partial charge is 0.222 e. The van der Waals surface area contributed by atoms with Crippen LogP contribution in [0.25, 0.3) is 0 Å². The molecule has 148 valence electrons. The zero-order valence-electron chi connectivity index (χ0n) is 16.1. The first-order valence-corrected chi connectivity index (χ1v) is 10.5. The van der Waals surface area contributed by atoms with Gasteiger partial charge in [0.1, 0.15) is 0 Å². The molecule has 5 nitrogen and oxygen atoms in total. The summed E-state index contributed by atoms with van der Waals surface area (Å²) in [7, 11) is 0. The van der Waals surface area contributed by atoms with Gasteiger partial charge in [-0.3, -0.25) is 9.69 Å². The van der Waals surface area contributed by atoms with E-state index in [1.54, 1.807) is 0 Å². The number of aliphatic hydroxyl groups is 1. The molecule has 2 saturated heterocycles. The number of aliphatic hydroxyl groups excluding tert-OH is 1. The van der Waals surface area contributed by atoms with Crippen molar-refractivity contribution in [3.05, 3.63) is 35.9 Å². The third-order valence-corrected chi connectivity index (χ3v) is 6.68. The molecule has 3 fully saturated rings. The topological polar surface area (TPSA) is 53.0 Å². The number of nitrogens with zero attached hydrogens (tertiary/aromatic N) is 2. The summed E-state index contributed by atoms with van der Waals surface area (Å²) in [5, 5.41) is 10.7. The standard InChI is InChI=1S/C22H32N2O3/c25-21-14-19-16-24(22(26)8-4-7-17-5-2-1-3-6-17)15-18(19)13-20(21)23-9-11-27-12-10-23/h1-3,5-6,18-21,25H,4,7-16H2/t18-,19+,20-,21-/m1/s1. The van der Waals surface area contributed by atoms with E-state index in [1.807, 2.05) is 6.07 Å². The van der Waals surface area contributed by atoms with Crippen molar-refractivity contribution in [1.82, 2.24) is 9.80 Å². The highest BCUT2D eigenvalue weighted by atomic mass is 16.5. The molecule has 1 amide bonds. The van der Waals surface area contributed by atoms with E-state index in [-0.39, 0.29) is 18.1 Å². The highest BCUT2D eigenvalue weighted by Gasteiger charge is 2.44. The van der Waals surface area contributed by atoms with Gasteiger partial charge in [0.05, 0.1) is 19.3 Å². The number of amides is 1. The SMILES string of the molecule is O=C(CCCc1ccccc1)N1C[C@H]2C[C@@H](N3CCOCC3)[C@H](O)C[C@H]2C1. The molecule has 1 aromatic carbocycles. The molecule has 0 radical (unpaired) electrons. The van der Waals surface area contributed by atoms with Crippen molar-refractivity contribution >= 4 is 5.91 Å². The minimum atomic E-state index is -0.266. The molecule has 4 rings (SSSR count). The molecule has 2 heterocycles. The van der Waals surface area contributed by atoms with Crippen LogP contribution in [0.4, 0.5) is 0 Å². The third kappa shape index (κ3) is 4.53. The van der Waals surface area contributed by atoms with Gasteiger partial charge < -0.3 is 14.7 Å². The Kier molecular flexibility index (Phi) is 6.11. The Morgan fingerprint density at radius 3 is 2.52 bits per heavy atom. The van der Waals surface area contributed by atoms with E-state index >= 15 is 0 Å². The van der Waals surface area contributed by atoms with Gasteiger partial charge in [-0.05, 0) is 43.1 Å². The zero-order valence-corrected chi connectivity index (χ0v) is 16.1. The number of carbonyl (C=O) groups is 1. The lowest BCUT2D eigenvalue weighted by Crippen LogP contribution is -2.53. The molecule has 1 N–H and O–H groups in total. The largest absolute Gasteiger partial charge is 0.391 e. The molecular weight excluding hydrogens is 340 g/mol. The van der Waals surface area contributed by atoms with Gasteiger partial charge in [0.15, 0.2) is 0 Å². The molecular formula is C22H32N2O3. The summed E-state index contributed by atoms with van der Waals surface area (Å²) in [6.45, 7) is 5.08. The number of rotatable bonds is 5. The van der Waals surface area contributed by atoms with Gasteiger partial charge in [-0.2, -0.15) is 0 Å². The molecule has 1 aromatic rings. The maximum atomic E-state index is 12.7. The van der Waals surface area contributed by atoms with Crippen LogP contribution in [-0.2, 0) is 16.0 Å². The van der Waals surface area contributed by atoms with Gasteiger partial charge in [0.2, 0.25) is 5.91 Å². The molecule has 27 heavy (non-hydrogen) atoms. The average molecular weight is 373 g/mol. The van der Waals surface area contributed by atoms with Gasteiger partial charge in [-0.15, -0.1) is 0 Å². The van der Waals surface area contributed by atoms with Crippen LogP contribution in [-0.4, -0.2) is 72.4 Å². The Morgan fingerprint density at radius 1 is 1.07 bits per heavy atom. The predicted octanol–water partition coefficient (Wildman–Crippen LogP) is 1.94. The second-order valence-corrected chi connectivity index (χ2v) is 8.41. The maximum absolute atomic E-state index is 12.7. The Labute approximate surface area is 162 Å². The monoisotopic (exact) mass is 372 g/mol. The summed E-state index contributed by atoms with van der Waals surface area (Å²) in [6, 6.07) is 10.6. The predicted molar refractivity (Wildman–Crippen MR) is 104 cm³/mol. The van der Waals surface area contributed by atoms with E-state index < -0.39 is 0 Å². The Balaban J connectivity index is 1.26. The van der Waals surface area contributed by atoms with Crippen molar-refractivity contribution in [1.29, 1.82) is 0 Å². The van der Waals surface area contributed by atoms with Crippen molar-refractivity contribution in [2.24, 2.45) is 11.8 Å². The molecule has 0 bridgehead atoms. The van der Waals surface area contributed by atoms with E-state index in [9.17, 15) is 9.90 Å². The number of carbonyl (C=O) groups excluding carboxylic acids is 1. The molecule has 0 aromatic heterocycles. The fraction of sp³-hybridized carbons (Fsp3) is 0.682. The molecule has 3 aliphatic rings. The molecule has 5 heteroatoms. The average Bonchev–Trinajstić information content (AvgIpc) is 3.12. The first kappa shape index (κ1) is 18.9. The fourth-order valence-corrected chi connectivity index (χ4v) is 5.16. The number of benzene rings is 1. The van der Waals surface area contributed by atoms with E-state index in [0.717, 1.165) is 65.1 Å². The van der Waals surface area contributed by atoms with Crippen molar-refractivity contribution in [3.63, 3.8) is 0 Å². The van der Waals surface area contributed by atoms with Crippen molar-refractivity contribution in [2.45, 2.75) is 44.2 Å². The van der Waals surface area contributed by atoms with Crippen LogP contribution in [0.15, 0.2) is 30.3 Å². The van der Waals surface area contributed by atoms with Crippen LogP contribution >= 0.6 is 0 Å². The lowest BCUT2D eigenvalue weighted by molar-refractivity contribution is -0.130. The Hall–Kier alpha value is -1.43. The second-order valence-electron chi connectivity index (χ2n) is 8.41. The zero-order chi connectivity index (χ0) is 18.6. The third-order valence-electron chi connectivity index (χ3n) is 6.68. The van der Waals surface area contributed by atoms with Crippen LogP contribution in [0, 0.1) is 11.8 Å². The number of morpholine rings is 1. The number of aryl methyl sites for hydroxylation is 1. The minimum Gasteiger partial charge on any atom is -0.391 e. The van der Waals surface area contributed by atoms with Gasteiger partial charge in [-0.25, -0.2) is 0 Å². The molecule has 0 spiro atoms. The molecule has 0 unspecified atom stereocenters. The Bertz CT molecular complexity index is 617. The van der Waals surface area contributed by atoms with Crippen LogP contribution in [0.5, 0.6) is 0 Å². The van der Waals surface area contributed by atoms with E-state index in [1.165, 1.54) is 5.56 Å². The van der Waals surface area contributed by atoms with Crippen molar-refractivity contribution in [2.75, 3.05) is 39.4 Å².